The predicted octanol–water partition coefficient (Wildman–Crippen LogP) is 2.67. The Morgan fingerprint density at radius 1 is 1.44 bits per heavy atom. The minimum atomic E-state index is -0.427. The highest BCUT2D eigenvalue weighted by Crippen LogP contribution is 2.25. The van der Waals surface area contributed by atoms with Gasteiger partial charge >= 0.3 is 0 Å². The minimum absolute atomic E-state index is 0. The predicted molar refractivity (Wildman–Crippen MR) is 77.7 cm³/mol. The summed E-state index contributed by atoms with van der Waals surface area (Å²) in [6.45, 7) is 9.28. The first-order chi connectivity index (χ1) is 7.86. The molecule has 1 rings (SSSR count). The van der Waals surface area contributed by atoms with Gasteiger partial charge < -0.3 is 11.1 Å². The Kier molecular flexibility index (Phi) is 6.09. The molecule has 0 aliphatic rings. The number of hydrogen-bond donors (Lipinski definition) is 2. The van der Waals surface area contributed by atoms with Crippen molar-refractivity contribution in [2.75, 3.05) is 0 Å². The van der Waals surface area contributed by atoms with Crippen molar-refractivity contribution in [1.29, 1.82) is 0 Å². The van der Waals surface area contributed by atoms with Gasteiger partial charge in [0.25, 0.3) is 0 Å². The van der Waals surface area contributed by atoms with Crippen LogP contribution in [0.1, 0.15) is 37.9 Å². The monoisotopic (exact) mass is 268 g/mol. The summed E-state index contributed by atoms with van der Waals surface area (Å²) >= 11 is 0. The molecule has 0 saturated heterocycles. The Balaban J connectivity index is 0.00000289. The third-order valence-electron chi connectivity index (χ3n) is 2.67. The topological polar surface area (TPSA) is 55.1 Å². The molecule has 0 radical (unpaired) electrons. The third kappa shape index (κ3) is 4.17. The fourth-order valence-electron chi connectivity index (χ4n) is 1.81. The summed E-state index contributed by atoms with van der Waals surface area (Å²) in [7, 11) is 0. The molecule has 4 heteroatoms. The largest absolute Gasteiger partial charge is 0.346 e. The molecular weight excluding hydrogens is 248 g/mol. The fourth-order valence-corrected chi connectivity index (χ4v) is 1.81. The lowest BCUT2D eigenvalue weighted by Crippen LogP contribution is -2.33. The second-order valence-electron chi connectivity index (χ2n) is 4.74. The normalized spacial score (nSPS) is 12.2. The number of rotatable bonds is 4. The summed E-state index contributed by atoms with van der Waals surface area (Å²) in [6, 6.07) is 7.79. The van der Waals surface area contributed by atoms with Crippen LogP contribution in [0.25, 0.3) is 0 Å². The molecule has 0 bridgehead atoms. The lowest BCUT2D eigenvalue weighted by atomic mass is 9.88. The van der Waals surface area contributed by atoms with Crippen molar-refractivity contribution in [2.24, 2.45) is 5.73 Å². The molecule has 18 heavy (non-hydrogen) atoms. The van der Waals surface area contributed by atoms with E-state index in [2.05, 4.69) is 11.9 Å². The summed E-state index contributed by atoms with van der Waals surface area (Å²) < 4.78 is 0. The summed E-state index contributed by atoms with van der Waals surface area (Å²) in [5.41, 5.74) is 7.77. The highest BCUT2D eigenvalue weighted by Gasteiger charge is 2.21. The Morgan fingerprint density at radius 3 is 2.50 bits per heavy atom. The maximum absolute atomic E-state index is 11.3. The van der Waals surface area contributed by atoms with E-state index in [0.29, 0.717) is 0 Å². The molecule has 1 unspecified atom stereocenters. The molecule has 0 aliphatic heterocycles. The van der Waals surface area contributed by atoms with E-state index < -0.39 is 5.54 Å². The van der Waals surface area contributed by atoms with E-state index in [1.165, 1.54) is 6.08 Å². The van der Waals surface area contributed by atoms with Crippen molar-refractivity contribution in [1.82, 2.24) is 5.32 Å². The lowest BCUT2D eigenvalue weighted by Gasteiger charge is -2.26. The van der Waals surface area contributed by atoms with Crippen molar-refractivity contribution < 1.29 is 4.79 Å². The Labute approximate surface area is 115 Å². The molecule has 0 aromatic heterocycles. The van der Waals surface area contributed by atoms with Crippen molar-refractivity contribution in [3.05, 3.63) is 48.0 Å². The molecule has 1 aromatic carbocycles. The van der Waals surface area contributed by atoms with Crippen molar-refractivity contribution in [2.45, 2.75) is 32.4 Å². The standard InChI is InChI=1S/C14H20N2O.ClH/c1-5-13(17)16-10(2)11-8-6-7-9-12(11)14(3,4)15;/h5-10H,1,15H2,2-4H3,(H,16,17);1H. The van der Waals surface area contributed by atoms with Crippen LogP contribution < -0.4 is 11.1 Å². The molecule has 0 aliphatic carbocycles. The van der Waals surface area contributed by atoms with Gasteiger partial charge in [0.15, 0.2) is 0 Å². The summed E-state index contributed by atoms with van der Waals surface area (Å²) in [5.74, 6) is -0.179. The maximum Gasteiger partial charge on any atom is 0.243 e. The quantitative estimate of drug-likeness (QED) is 0.825. The fraction of sp³-hybridized carbons (Fsp3) is 0.357. The number of carbonyl (C=O) groups excluding carboxylic acids is 1. The van der Waals surface area contributed by atoms with Gasteiger partial charge in [0, 0.05) is 5.54 Å². The average molecular weight is 269 g/mol. The van der Waals surface area contributed by atoms with Gasteiger partial charge in [-0.25, -0.2) is 0 Å². The Morgan fingerprint density at radius 2 is 2.00 bits per heavy atom. The number of nitrogens with one attached hydrogen (secondary N) is 1. The zero-order valence-electron chi connectivity index (χ0n) is 11.1. The van der Waals surface area contributed by atoms with E-state index in [-0.39, 0.29) is 24.4 Å². The van der Waals surface area contributed by atoms with Gasteiger partial charge in [0.1, 0.15) is 0 Å². The van der Waals surface area contributed by atoms with Crippen molar-refractivity contribution in [3.8, 4) is 0 Å². The molecule has 3 nitrogen and oxygen atoms in total. The van der Waals surface area contributed by atoms with Crippen molar-refractivity contribution in [3.63, 3.8) is 0 Å². The lowest BCUT2D eigenvalue weighted by molar-refractivity contribution is -0.117. The van der Waals surface area contributed by atoms with E-state index in [4.69, 9.17) is 5.73 Å². The summed E-state index contributed by atoms with van der Waals surface area (Å²) in [4.78, 5) is 11.3. The molecule has 1 atom stereocenters. The molecule has 100 valence electrons. The van der Waals surface area contributed by atoms with Crippen molar-refractivity contribution >= 4 is 18.3 Å². The van der Waals surface area contributed by atoms with Crippen LogP contribution in [-0.4, -0.2) is 5.91 Å². The SMILES string of the molecule is C=CC(=O)NC(C)c1ccccc1C(C)(C)N.Cl. The minimum Gasteiger partial charge on any atom is -0.346 e. The average Bonchev–Trinajstić information content (AvgIpc) is 2.27. The molecule has 1 aromatic rings. The molecule has 0 fully saturated rings. The smallest absolute Gasteiger partial charge is 0.243 e. The number of benzene rings is 1. The molecular formula is C14H21ClN2O. The highest BCUT2D eigenvalue weighted by atomic mass is 35.5. The van der Waals surface area contributed by atoms with Crippen LogP contribution >= 0.6 is 12.4 Å². The molecule has 0 spiro atoms. The number of amides is 1. The molecule has 0 saturated carbocycles. The first-order valence-electron chi connectivity index (χ1n) is 5.67. The molecule has 1 amide bonds. The molecule has 3 N–H and O–H groups in total. The van der Waals surface area contributed by atoms with Crippen LogP contribution in [0.15, 0.2) is 36.9 Å². The van der Waals surface area contributed by atoms with Crippen LogP contribution in [0, 0.1) is 0 Å². The van der Waals surface area contributed by atoms with Gasteiger partial charge in [0.05, 0.1) is 6.04 Å². The number of halogens is 1. The van der Waals surface area contributed by atoms with E-state index in [1.807, 2.05) is 45.0 Å². The van der Waals surface area contributed by atoms with Crippen LogP contribution in [0.4, 0.5) is 0 Å². The second-order valence-corrected chi connectivity index (χ2v) is 4.74. The summed E-state index contributed by atoms with van der Waals surface area (Å²) in [5, 5.41) is 2.85. The zero-order valence-corrected chi connectivity index (χ0v) is 11.9. The Bertz CT molecular complexity index is 424. The van der Waals surface area contributed by atoms with E-state index in [0.717, 1.165) is 11.1 Å². The van der Waals surface area contributed by atoms with Gasteiger partial charge in [-0.3, -0.25) is 4.79 Å². The number of hydrogen-bond acceptors (Lipinski definition) is 2. The van der Waals surface area contributed by atoms with Gasteiger partial charge in [-0.05, 0) is 38.0 Å². The van der Waals surface area contributed by atoms with Gasteiger partial charge in [-0.15, -0.1) is 12.4 Å². The Hall–Kier alpha value is -1.32. The first-order valence-corrected chi connectivity index (χ1v) is 5.67. The van der Waals surface area contributed by atoms with Gasteiger partial charge in [0.2, 0.25) is 5.91 Å². The summed E-state index contributed by atoms with van der Waals surface area (Å²) in [6.07, 6.45) is 1.27. The first kappa shape index (κ1) is 16.7. The van der Waals surface area contributed by atoms with Crippen LogP contribution in [-0.2, 0) is 10.3 Å². The zero-order chi connectivity index (χ0) is 13.1. The van der Waals surface area contributed by atoms with Crippen LogP contribution in [0.5, 0.6) is 0 Å². The second kappa shape index (κ2) is 6.57. The van der Waals surface area contributed by atoms with E-state index in [9.17, 15) is 4.79 Å². The van der Waals surface area contributed by atoms with Crippen LogP contribution in [0.3, 0.4) is 0 Å². The van der Waals surface area contributed by atoms with Gasteiger partial charge in [-0.2, -0.15) is 0 Å². The van der Waals surface area contributed by atoms with Gasteiger partial charge in [-0.1, -0.05) is 30.8 Å². The van der Waals surface area contributed by atoms with E-state index >= 15 is 0 Å². The number of carbonyl (C=O) groups is 1. The maximum atomic E-state index is 11.3. The highest BCUT2D eigenvalue weighted by molar-refractivity contribution is 5.87. The molecule has 0 heterocycles. The number of nitrogens with two attached hydrogens (primary N) is 1. The van der Waals surface area contributed by atoms with Crippen LogP contribution in [0.2, 0.25) is 0 Å². The van der Waals surface area contributed by atoms with E-state index in [1.54, 1.807) is 0 Å². The third-order valence-corrected chi connectivity index (χ3v) is 2.67.